The van der Waals surface area contributed by atoms with Crippen molar-refractivity contribution in [2.24, 2.45) is 0 Å². The average molecular weight is 956 g/mol. The number of hydrogen-bond donors (Lipinski definition) is 1. The maximum atomic E-state index is 10.1. The van der Waals surface area contributed by atoms with Gasteiger partial charge in [-0.1, -0.05) is 143 Å². The molecule has 0 atom stereocenters. The molecule has 0 saturated heterocycles. The van der Waals surface area contributed by atoms with Crippen molar-refractivity contribution in [2.45, 2.75) is 15.3 Å². The maximum Gasteiger partial charge on any atom is 0.202 e. The van der Waals surface area contributed by atoms with Crippen LogP contribution in [0, 0.1) is 0 Å². The van der Waals surface area contributed by atoms with Crippen LogP contribution >= 0.6 is 175 Å². The van der Waals surface area contributed by atoms with Gasteiger partial charge in [0, 0.05) is 0 Å². The highest BCUT2D eigenvalue weighted by Crippen LogP contribution is 2.71. The summed E-state index contributed by atoms with van der Waals surface area (Å²) in [5.74, 6) is 0. The third-order valence-electron chi connectivity index (χ3n) is 1.52. The number of hydrogen-bond acceptors (Lipinski definition) is 1. The molecular formula is C5HBr11O. The van der Waals surface area contributed by atoms with Crippen LogP contribution in [0.5, 0.6) is 0 Å². The summed E-state index contributed by atoms with van der Waals surface area (Å²) in [5, 5.41) is 10.1. The van der Waals surface area contributed by atoms with Gasteiger partial charge >= 0.3 is 0 Å². The van der Waals surface area contributed by atoms with Crippen molar-refractivity contribution in [3.63, 3.8) is 0 Å². The second kappa shape index (κ2) is 7.01. The molecular weight excluding hydrogens is 955 g/mol. The number of rotatable bonds is 3. The van der Waals surface area contributed by atoms with E-state index in [0.29, 0.717) is 0 Å². The smallest absolute Gasteiger partial charge is 0.202 e. The lowest BCUT2D eigenvalue weighted by Gasteiger charge is -2.49. The van der Waals surface area contributed by atoms with E-state index in [4.69, 9.17) is 0 Å². The fraction of sp³-hybridized carbons (Fsp3) is 1.00. The third kappa shape index (κ3) is 4.62. The molecule has 0 aliphatic heterocycles. The SMILES string of the molecule is OC(Br)(Br)C(Br)(Br)C(Br)(Br)C(Br)(Br)C(Br)(Br)Br. The van der Waals surface area contributed by atoms with Crippen molar-refractivity contribution in [3.8, 4) is 0 Å². The van der Waals surface area contributed by atoms with Crippen LogP contribution in [-0.4, -0.2) is 20.4 Å². The Balaban J connectivity index is 5.73. The Kier molecular flexibility index (Phi) is 9.17. The van der Waals surface area contributed by atoms with E-state index in [2.05, 4.69) is 175 Å². The van der Waals surface area contributed by atoms with Gasteiger partial charge in [0.2, 0.25) is 3.42 Å². The lowest BCUT2D eigenvalue weighted by Crippen LogP contribution is -2.59. The molecule has 0 aromatic carbocycles. The normalized spacial score (nSPS) is 16.2. The molecule has 17 heavy (non-hydrogen) atoms. The third-order valence-corrected chi connectivity index (χ3v) is 21.2. The van der Waals surface area contributed by atoms with Crippen LogP contribution in [-0.2, 0) is 0 Å². The van der Waals surface area contributed by atoms with Crippen molar-refractivity contribution >= 4 is 175 Å². The van der Waals surface area contributed by atoms with Gasteiger partial charge in [-0.05, 0) is 31.9 Å². The molecule has 0 aromatic rings. The van der Waals surface area contributed by atoms with E-state index in [-0.39, 0.29) is 0 Å². The van der Waals surface area contributed by atoms with Crippen LogP contribution in [0.2, 0.25) is 0 Å². The molecule has 0 radical (unpaired) electrons. The Morgan fingerprint density at radius 1 is 0.471 bits per heavy atom. The molecule has 0 unspecified atom stereocenters. The molecule has 1 N–H and O–H groups in total. The van der Waals surface area contributed by atoms with Gasteiger partial charge in [0.1, 0.15) is 6.47 Å². The summed E-state index contributed by atoms with van der Waals surface area (Å²) >= 11 is 37.4. The van der Waals surface area contributed by atoms with Gasteiger partial charge in [-0.15, -0.1) is 0 Å². The van der Waals surface area contributed by atoms with Gasteiger partial charge in [-0.25, -0.2) is 0 Å². The average Bonchev–Trinajstić information content (AvgIpc) is 1.98. The lowest BCUT2D eigenvalue weighted by molar-refractivity contribution is 0.229. The predicted octanol–water partition coefficient (Wildman–Crippen LogP) is 7.72. The largest absolute Gasteiger partial charge is 0.368 e. The molecule has 0 fully saturated rings. The zero-order chi connectivity index (χ0) is 14.5. The molecule has 1 nitrogen and oxygen atoms in total. The van der Waals surface area contributed by atoms with Crippen molar-refractivity contribution < 1.29 is 5.11 Å². The minimum absolute atomic E-state index is 0.731. The number of alkyl halides is 11. The van der Waals surface area contributed by atoms with Gasteiger partial charge in [-0.3, -0.25) is 0 Å². The second-order valence-corrected chi connectivity index (χ2v) is 23.2. The quantitative estimate of drug-likeness (QED) is 0.288. The van der Waals surface area contributed by atoms with Gasteiger partial charge in [0.15, 0.2) is 5.38 Å². The van der Waals surface area contributed by atoms with Gasteiger partial charge in [0.25, 0.3) is 0 Å². The van der Waals surface area contributed by atoms with Crippen LogP contribution in [0.3, 0.4) is 0 Å². The van der Waals surface area contributed by atoms with Crippen LogP contribution in [0.4, 0.5) is 0 Å². The minimum Gasteiger partial charge on any atom is -0.368 e. The van der Waals surface area contributed by atoms with Crippen molar-refractivity contribution in [2.75, 3.05) is 0 Å². The second-order valence-electron chi connectivity index (χ2n) is 2.76. The van der Waals surface area contributed by atoms with E-state index in [1.165, 1.54) is 0 Å². The molecule has 104 valence electrons. The monoisotopic (exact) mass is 945 g/mol. The topological polar surface area (TPSA) is 20.2 Å². The van der Waals surface area contributed by atoms with E-state index in [1.54, 1.807) is 0 Å². The van der Waals surface area contributed by atoms with Crippen molar-refractivity contribution in [3.05, 3.63) is 0 Å². The molecule has 0 spiro atoms. The summed E-state index contributed by atoms with van der Waals surface area (Å²) < 4.78 is -5.01. The first-order valence-electron chi connectivity index (χ1n) is 3.30. The Hall–Kier alpha value is 5.24. The minimum atomic E-state index is -1.45. The Labute approximate surface area is 192 Å². The molecule has 0 rings (SSSR count). The summed E-state index contributed by atoms with van der Waals surface area (Å²) in [4.78, 5) is 0. The van der Waals surface area contributed by atoms with Crippen molar-refractivity contribution in [1.82, 2.24) is 0 Å². The first kappa shape index (κ1) is 22.2. The Bertz CT molecular complexity index is 255. The van der Waals surface area contributed by atoms with Gasteiger partial charge in [-0.2, -0.15) is 0 Å². The first-order valence-corrected chi connectivity index (χ1v) is 12.0. The Morgan fingerprint density at radius 3 is 0.941 bits per heavy atom. The first-order chi connectivity index (χ1) is 7.00. The lowest BCUT2D eigenvalue weighted by atomic mass is 10.2. The summed E-state index contributed by atoms with van der Waals surface area (Å²) in [7, 11) is 0. The number of aliphatic hydroxyl groups is 1. The highest BCUT2D eigenvalue weighted by Gasteiger charge is 2.69. The van der Waals surface area contributed by atoms with Gasteiger partial charge in [0.05, 0.1) is 0 Å². The predicted molar refractivity (Wildman–Crippen MR) is 114 cm³/mol. The Morgan fingerprint density at radius 2 is 0.765 bits per heavy atom. The molecule has 0 heterocycles. The molecule has 0 aliphatic rings. The van der Waals surface area contributed by atoms with E-state index in [9.17, 15) is 5.11 Å². The highest BCUT2D eigenvalue weighted by atomic mass is 80.0. The molecule has 0 bridgehead atoms. The molecule has 12 heteroatoms. The van der Waals surface area contributed by atoms with Crippen molar-refractivity contribution in [1.29, 1.82) is 0 Å². The highest BCUT2D eigenvalue weighted by molar-refractivity contribution is 9.42. The zero-order valence-electron chi connectivity index (χ0n) is 7.10. The van der Waals surface area contributed by atoms with E-state index in [1.807, 2.05) is 0 Å². The summed E-state index contributed by atoms with van der Waals surface area (Å²) in [6.07, 6.45) is 0. The maximum absolute atomic E-state index is 10.1. The fourth-order valence-corrected chi connectivity index (χ4v) is 8.13. The molecule has 0 saturated carbocycles. The van der Waals surface area contributed by atoms with E-state index >= 15 is 0 Å². The zero-order valence-corrected chi connectivity index (χ0v) is 24.6. The van der Waals surface area contributed by atoms with Gasteiger partial charge < -0.3 is 5.11 Å². The summed E-state index contributed by atoms with van der Waals surface area (Å²) in [6.45, 7) is 0. The summed E-state index contributed by atoms with van der Waals surface area (Å²) in [5.41, 5.74) is 0. The molecule has 0 aromatic heterocycles. The van der Waals surface area contributed by atoms with Crippen LogP contribution in [0.15, 0.2) is 0 Å². The number of halogens is 11. The van der Waals surface area contributed by atoms with Crippen LogP contribution < -0.4 is 0 Å². The standard InChI is InChI=1S/C5HBr11O/c6-1(7,2(8,9)4(12,13)14)3(10,11)5(15,16)17/h17H. The summed E-state index contributed by atoms with van der Waals surface area (Å²) in [6, 6.07) is 0. The van der Waals surface area contributed by atoms with E-state index in [0.717, 1.165) is 0 Å². The fourth-order valence-electron chi connectivity index (χ4n) is 0.564. The van der Waals surface area contributed by atoms with Crippen LogP contribution in [0.25, 0.3) is 0 Å². The van der Waals surface area contributed by atoms with Crippen LogP contribution in [0.1, 0.15) is 0 Å². The molecule has 0 aliphatic carbocycles. The van der Waals surface area contributed by atoms with E-state index < -0.39 is 15.3 Å². The molecule has 0 amide bonds.